The number of hydrogen-bond donors (Lipinski definition) is 2. The van der Waals surface area contributed by atoms with Crippen molar-refractivity contribution in [2.45, 2.75) is 26.3 Å². The van der Waals surface area contributed by atoms with Gasteiger partial charge < -0.3 is 5.32 Å². The van der Waals surface area contributed by atoms with Gasteiger partial charge in [-0.15, -0.1) is 4.99 Å². The first kappa shape index (κ1) is 11.2. The number of allylic oxidation sites excluding steroid dienone is 1. The third-order valence-electron chi connectivity index (χ3n) is 2.21. The fraction of sp³-hybridized carbons (Fsp3) is 0.667. The lowest BCUT2D eigenvalue weighted by Crippen LogP contribution is -2.48. The Morgan fingerprint density at radius 3 is 3.00 bits per heavy atom. The van der Waals surface area contributed by atoms with E-state index in [2.05, 4.69) is 27.3 Å². The molecule has 1 rings (SSSR count). The quantitative estimate of drug-likeness (QED) is 0.651. The molecule has 0 radical (unpaired) electrons. The summed E-state index contributed by atoms with van der Waals surface area (Å²) in [4.78, 5) is 20.9. The molecule has 2 unspecified atom stereocenters. The van der Waals surface area contributed by atoms with E-state index in [9.17, 15) is 4.79 Å². The maximum atomic E-state index is 11.6. The van der Waals surface area contributed by atoms with E-state index in [4.69, 9.17) is 0 Å². The highest BCUT2D eigenvalue weighted by Gasteiger charge is 2.29. The minimum atomic E-state index is -0.243. The second-order valence-corrected chi connectivity index (χ2v) is 3.33. The summed E-state index contributed by atoms with van der Waals surface area (Å²) in [6.45, 7) is 7.77. The van der Waals surface area contributed by atoms with Crippen molar-refractivity contribution >= 4 is 5.91 Å². The second-order valence-electron chi connectivity index (χ2n) is 3.33. The largest absolute Gasteiger partial charge is 0.330 e. The molecule has 1 aliphatic rings. The van der Waals surface area contributed by atoms with E-state index in [1.54, 1.807) is 0 Å². The molecule has 80 valence electrons. The number of amides is 1. The van der Waals surface area contributed by atoms with Gasteiger partial charge >= 0.3 is 0 Å². The molecule has 1 amide bonds. The Balaban J connectivity index is 2.46. The van der Waals surface area contributed by atoms with Crippen LogP contribution in [-0.2, 0) is 14.7 Å². The minimum absolute atomic E-state index is 0.0617. The molecule has 2 N–H and O–H groups in total. The normalized spacial score (nSPS) is 27.0. The number of nitrogens with one attached hydrogen (secondary N) is 2. The molecule has 0 saturated carbocycles. The molecule has 2 atom stereocenters. The molecular formula is C9H16N2O3. The van der Waals surface area contributed by atoms with Gasteiger partial charge in [0.2, 0.25) is 5.91 Å². The van der Waals surface area contributed by atoms with E-state index in [0.717, 1.165) is 6.42 Å². The third kappa shape index (κ3) is 2.80. The summed E-state index contributed by atoms with van der Waals surface area (Å²) in [6, 6.07) is -0.0617. The van der Waals surface area contributed by atoms with Gasteiger partial charge in [-0.3, -0.25) is 4.79 Å². The Kier molecular flexibility index (Phi) is 4.06. The molecule has 0 aromatic rings. The van der Waals surface area contributed by atoms with Crippen LogP contribution >= 0.6 is 0 Å². The molecule has 0 bridgehead atoms. The molecule has 1 saturated heterocycles. The standard InChI is InChI=1S/C9H16N2O3/c1-4-6(2)10-9(12)8-5-13-14-11-7(8)3/h7-8,11H,2,4-5H2,1,3H3,(H,10,12). The predicted molar refractivity (Wildman–Crippen MR) is 50.7 cm³/mol. The highest BCUT2D eigenvalue weighted by molar-refractivity contribution is 5.81. The van der Waals surface area contributed by atoms with Crippen LogP contribution in [0.25, 0.3) is 0 Å². The summed E-state index contributed by atoms with van der Waals surface area (Å²) in [5.41, 5.74) is 3.31. The lowest BCUT2D eigenvalue weighted by atomic mass is 10.0. The van der Waals surface area contributed by atoms with Gasteiger partial charge in [-0.25, -0.2) is 4.89 Å². The Labute approximate surface area is 83.3 Å². The first-order chi connectivity index (χ1) is 6.65. The zero-order valence-electron chi connectivity index (χ0n) is 8.50. The van der Waals surface area contributed by atoms with Crippen LogP contribution in [0.5, 0.6) is 0 Å². The van der Waals surface area contributed by atoms with Gasteiger partial charge in [-0.05, 0) is 13.3 Å². The van der Waals surface area contributed by atoms with Gasteiger partial charge in [0.05, 0.1) is 12.5 Å². The van der Waals surface area contributed by atoms with Crippen LogP contribution in [-0.4, -0.2) is 18.6 Å². The van der Waals surface area contributed by atoms with Crippen molar-refractivity contribution in [1.82, 2.24) is 10.8 Å². The summed E-state index contributed by atoms with van der Waals surface area (Å²) in [6.07, 6.45) is 0.734. The Hall–Kier alpha value is -0.910. The monoisotopic (exact) mass is 200 g/mol. The SMILES string of the molecule is C=C(CC)NC(=O)C1COONC1C. The van der Waals surface area contributed by atoms with Gasteiger partial charge in [0, 0.05) is 11.7 Å². The lowest BCUT2D eigenvalue weighted by molar-refractivity contribution is -0.371. The van der Waals surface area contributed by atoms with Crippen LogP contribution < -0.4 is 10.8 Å². The molecule has 5 nitrogen and oxygen atoms in total. The molecule has 1 heterocycles. The fourth-order valence-corrected chi connectivity index (χ4v) is 1.10. The number of rotatable bonds is 3. The molecule has 5 heteroatoms. The van der Waals surface area contributed by atoms with Gasteiger partial charge in [-0.1, -0.05) is 13.5 Å². The Morgan fingerprint density at radius 1 is 1.71 bits per heavy atom. The van der Waals surface area contributed by atoms with Gasteiger partial charge in [0.1, 0.15) is 0 Å². The number of hydrogen-bond acceptors (Lipinski definition) is 4. The van der Waals surface area contributed by atoms with Crippen molar-refractivity contribution in [3.63, 3.8) is 0 Å². The highest BCUT2D eigenvalue weighted by Crippen LogP contribution is 2.10. The zero-order chi connectivity index (χ0) is 10.6. The molecule has 0 aromatic carbocycles. The summed E-state index contributed by atoms with van der Waals surface area (Å²) in [5.74, 6) is -0.327. The van der Waals surface area contributed by atoms with Crippen molar-refractivity contribution in [2.24, 2.45) is 5.92 Å². The molecule has 0 spiro atoms. The number of carbonyl (C=O) groups is 1. The predicted octanol–water partition coefficient (Wildman–Crippen LogP) is 0.497. The van der Waals surface area contributed by atoms with Crippen LogP contribution in [0.4, 0.5) is 0 Å². The van der Waals surface area contributed by atoms with E-state index >= 15 is 0 Å². The Morgan fingerprint density at radius 2 is 2.43 bits per heavy atom. The smallest absolute Gasteiger partial charge is 0.231 e. The molecule has 0 aromatic heterocycles. The highest BCUT2D eigenvalue weighted by atomic mass is 17.3. The van der Waals surface area contributed by atoms with E-state index in [1.807, 2.05) is 13.8 Å². The van der Waals surface area contributed by atoms with E-state index in [1.165, 1.54) is 0 Å². The number of hydroxylamine groups is 1. The fourth-order valence-electron chi connectivity index (χ4n) is 1.10. The van der Waals surface area contributed by atoms with Gasteiger partial charge in [-0.2, -0.15) is 5.48 Å². The number of carbonyl (C=O) groups excluding carboxylic acids is 1. The van der Waals surface area contributed by atoms with E-state index < -0.39 is 0 Å². The summed E-state index contributed by atoms with van der Waals surface area (Å²) in [7, 11) is 0. The van der Waals surface area contributed by atoms with Crippen LogP contribution in [0.15, 0.2) is 12.3 Å². The zero-order valence-corrected chi connectivity index (χ0v) is 8.50. The lowest BCUT2D eigenvalue weighted by Gasteiger charge is -2.27. The topological polar surface area (TPSA) is 59.6 Å². The van der Waals surface area contributed by atoms with Gasteiger partial charge in [0.15, 0.2) is 0 Å². The van der Waals surface area contributed by atoms with Crippen LogP contribution in [0.3, 0.4) is 0 Å². The van der Waals surface area contributed by atoms with Crippen LogP contribution in [0, 0.1) is 5.92 Å². The van der Waals surface area contributed by atoms with Gasteiger partial charge in [0.25, 0.3) is 0 Å². The van der Waals surface area contributed by atoms with Crippen molar-refractivity contribution in [1.29, 1.82) is 0 Å². The molecule has 1 aliphatic heterocycles. The summed E-state index contributed by atoms with van der Waals surface area (Å²) >= 11 is 0. The summed E-state index contributed by atoms with van der Waals surface area (Å²) < 4.78 is 0. The molecule has 0 aliphatic carbocycles. The molecule has 14 heavy (non-hydrogen) atoms. The first-order valence-electron chi connectivity index (χ1n) is 4.67. The third-order valence-corrected chi connectivity index (χ3v) is 2.21. The Bertz CT molecular complexity index is 230. The molecule has 1 fully saturated rings. The van der Waals surface area contributed by atoms with Crippen molar-refractivity contribution in [3.8, 4) is 0 Å². The van der Waals surface area contributed by atoms with Crippen molar-refractivity contribution in [3.05, 3.63) is 12.3 Å². The van der Waals surface area contributed by atoms with Crippen LogP contribution in [0.2, 0.25) is 0 Å². The van der Waals surface area contributed by atoms with E-state index in [0.29, 0.717) is 5.70 Å². The van der Waals surface area contributed by atoms with E-state index in [-0.39, 0.29) is 24.5 Å². The maximum Gasteiger partial charge on any atom is 0.231 e. The summed E-state index contributed by atoms with van der Waals surface area (Å²) in [5, 5.41) is 2.72. The first-order valence-corrected chi connectivity index (χ1v) is 4.67. The molecular weight excluding hydrogens is 184 g/mol. The maximum absolute atomic E-state index is 11.6. The van der Waals surface area contributed by atoms with Crippen LogP contribution in [0.1, 0.15) is 20.3 Å². The average molecular weight is 200 g/mol. The van der Waals surface area contributed by atoms with Crippen molar-refractivity contribution < 1.29 is 14.7 Å². The average Bonchev–Trinajstić information content (AvgIpc) is 2.18. The minimum Gasteiger partial charge on any atom is -0.330 e. The second kappa shape index (κ2) is 5.09. The van der Waals surface area contributed by atoms with Crippen molar-refractivity contribution in [2.75, 3.05) is 6.61 Å².